The first-order chi connectivity index (χ1) is 10.9. The van der Waals surface area contributed by atoms with Crippen molar-refractivity contribution < 1.29 is 19.4 Å². The zero-order valence-corrected chi connectivity index (χ0v) is 13.3. The van der Waals surface area contributed by atoms with Gasteiger partial charge in [0, 0.05) is 12.0 Å². The highest BCUT2D eigenvalue weighted by molar-refractivity contribution is 5.98. The lowest BCUT2D eigenvalue weighted by Gasteiger charge is -2.24. The van der Waals surface area contributed by atoms with Crippen LogP contribution in [0.1, 0.15) is 29.3 Å². The second kappa shape index (κ2) is 7.09. The molecule has 0 fully saturated rings. The van der Waals surface area contributed by atoms with E-state index in [0.29, 0.717) is 11.3 Å². The summed E-state index contributed by atoms with van der Waals surface area (Å²) in [5.74, 6) is -0.423. The Labute approximate surface area is 135 Å². The number of benzene rings is 2. The summed E-state index contributed by atoms with van der Waals surface area (Å²) in [6, 6.07) is 16.0. The normalized spacial score (nSPS) is 13.1. The number of ketones is 1. The van der Waals surface area contributed by atoms with Crippen molar-refractivity contribution in [2.45, 2.75) is 19.8 Å². The van der Waals surface area contributed by atoms with Gasteiger partial charge in [0.05, 0.1) is 12.5 Å². The lowest BCUT2D eigenvalue weighted by Crippen LogP contribution is -2.32. The summed E-state index contributed by atoms with van der Waals surface area (Å²) >= 11 is 0. The zero-order chi connectivity index (χ0) is 16.9. The number of rotatable bonds is 7. The number of carboxylic acids is 1. The first-order valence-electron chi connectivity index (χ1n) is 7.39. The molecule has 0 heterocycles. The van der Waals surface area contributed by atoms with Crippen LogP contribution in [0.3, 0.4) is 0 Å². The SMILES string of the molecule is COc1ccc(CC(C)(CC(=O)c2ccccc2)C(=O)O)cc1. The first-order valence-corrected chi connectivity index (χ1v) is 7.39. The summed E-state index contributed by atoms with van der Waals surface area (Å²) in [6.45, 7) is 1.61. The maximum Gasteiger partial charge on any atom is 0.310 e. The first kappa shape index (κ1) is 16.7. The van der Waals surface area contributed by atoms with Crippen LogP contribution in [0.4, 0.5) is 0 Å². The van der Waals surface area contributed by atoms with E-state index in [1.54, 1.807) is 50.4 Å². The molecule has 0 radical (unpaired) electrons. The molecule has 1 atom stereocenters. The van der Waals surface area contributed by atoms with E-state index >= 15 is 0 Å². The lowest BCUT2D eigenvalue weighted by molar-refractivity contribution is -0.147. The van der Waals surface area contributed by atoms with E-state index in [-0.39, 0.29) is 18.6 Å². The van der Waals surface area contributed by atoms with E-state index < -0.39 is 11.4 Å². The standard InChI is InChI=1S/C19H20O4/c1-19(18(21)22,12-14-8-10-16(23-2)11-9-14)13-17(20)15-6-4-3-5-7-15/h3-11H,12-13H2,1-2H3,(H,21,22). The molecule has 120 valence electrons. The third-order valence-electron chi connectivity index (χ3n) is 3.92. The maximum atomic E-state index is 12.4. The molecular formula is C19H20O4. The smallest absolute Gasteiger partial charge is 0.310 e. The average molecular weight is 312 g/mol. The van der Waals surface area contributed by atoms with Gasteiger partial charge in [-0.25, -0.2) is 0 Å². The summed E-state index contributed by atoms with van der Waals surface area (Å²) in [5.41, 5.74) is 0.243. The molecule has 0 bridgehead atoms. The second-order valence-electron chi connectivity index (χ2n) is 5.86. The molecule has 1 unspecified atom stereocenters. The molecule has 0 saturated heterocycles. The fourth-order valence-electron chi connectivity index (χ4n) is 2.49. The lowest BCUT2D eigenvalue weighted by atomic mass is 9.78. The molecule has 2 aromatic rings. The van der Waals surface area contributed by atoms with Crippen molar-refractivity contribution in [3.8, 4) is 5.75 Å². The fourth-order valence-corrected chi connectivity index (χ4v) is 2.49. The van der Waals surface area contributed by atoms with Crippen molar-refractivity contribution in [1.82, 2.24) is 0 Å². The zero-order valence-electron chi connectivity index (χ0n) is 13.3. The molecule has 0 aliphatic rings. The van der Waals surface area contributed by atoms with E-state index in [2.05, 4.69) is 0 Å². The van der Waals surface area contributed by atoms with Gasteiger partial charge < -0.3 is 9.84 Å². The molecule has 4 heteroatoms. The minimum Gasteiger partial charge on any atom is -0.497 e. The summed E-state index contributed by atoms with van der Waals surface area (Å²) < 4.78 is 5.10. The van der Waals surface area contributed by atoms with Crippen LogP contribution in [0.2, 0.25) is 0 Å². The van der Waals surface area contributed by atoms with Crippen LogP contribution in [-0.4, -0.2) is 24.0 Å². The van der Waals surface area contributed by atoms with Crippen LogP contribution in [0.15, 0.2) is 54.6 Å². The summed E-state index contributed by atoms with van der Waals surface area (Å²) in [4.78, 5) is 24.1. The van der Waals surface area contributed by atoms with E-state index in [1.165, 1.54) is 0 Å². The van der Waals surface area contributed by atoms with Gasteiger partial charge in [0.2, 0.25) is 0 Å². The minimum atomic E-state index is -1.15. The Morgan fingerprint density at radius 3 is 2.17 bits per heavy atom. The van der Waals surface area contributed by atoms with Gasteiger partial charge >= 0.3 is 5.97 Å². The van der Waals surface area contributed by atoms with Crippen molar-refractivity contribution in [1.29, 1.82) is 0 Å². The monoisotopic (exact) mass is 312 g/mol. The van der Waals surface area contributed by atoms with Crippen LogP contribution in [0.5, 0.6) is 5.75 Å². The summed E-state index contributed by atoms with van der Waals surface area (Å²) in [6.07, 6.45) is 0.239. The van der Waals surface area contributed by atoms with Crippen molar-refractivity contribution in [3.05, 3.63) is 65.7 Å². The van der Waals surface area contributed by atoms with Gasteiger partial charge in [-0.3, -0.25) is 9.59 Å². The van der Waals surface area contributed by atoms with Crippen molar-refractivity contribution >= 4 is 11.8 Å². The Morgan fingerprint density at radius 1 is 1.04 bits per heavy atom. The van der Waals surface area contributed by atoms with Crippen molar-refractivity contribution in [2.24, 2.45) is 5.41 Å². The van der Waals surface area contributed by atoms with Crippen LogP contribution in [0, 0.1) is 5.41 Å². The Hall–Kier alpha value is -2.62. The molecule has 23 heavy (non-hydrogen) atoms. The summed E-state index contributed by atoms with van der Waals surface area (Å²) in [5, 5.41) is 9.61. The number of hydrogen-bond donors (Lipinski definition) is 1. The van der Waals surface area contributed by atoms with E-state index in [9.17, 15) is 14.7 Å². The topological polar surface area (TPSA) is 63.6 Å². The van der Waals surface area contributed by atoms with Crippen molar-refractivity contribution in [2.75, 3.05) is 7.11 Å². The minimum absolute atomic E-state index is 0.0433. The average Bonchev–Trinajstić information content (AvgIpc) is 2.56. The number of aliphatic carboxylic acids is 1. The van der Waals surface area contributed by atoms with Crippen LogP contribution >= 0.6 is 0 Å². The predicted molar refractivity (Wildman–Crippen MR) is 87.8 cm³/mol. The van der Waals surface area contributed by atoms with Gasteiger partial charge in [0.25, 0.3) is 0 Å². The van der Waals surface area contributed by atoms with Gasteiger partial charge in [-0.05, 0) is 31.0 Å². The largest absolute Gasteiger partial charge is 0.497 e. The Bertz CT molecular complexity index is 676. The highest BCUT2D eigenvalue weighted by Crippen LogP contribution is 2.29. The van der Waals surface area contributed by atoms with Gasteiger partial charge in [0.1, 0.15) is 5.75 Å². The number of methoxy groups -OCH3 is 1. The van der Waals surface area contributed by atoms with Crippen molar-refractivity contribution in [3.63, 3.8) is 0 Å². The quantitative estimate of drug-likeness (QED) is 0.793. The van der Waals surface area contributed by atoms with E-state index in [4.69, 9.17) is 4.74 Å². The third kappa shape index (κ3) is 4.19. The van der Waals surface area contributed by atoms with Gasteiger partial charge in [-0.15, -0.1) is 0 Å². The number of hydrogen-bond acceptors (Lipinski definition) is 3. The maximum absolute atomic E-state index is 12.4. The molecule has 0 saturated carbocycles. The number of ether oxygens (including phenoxy) is 1. The fraction of sp³-hybridized carbons (Fsp3) is 0.263. The third-order valence-corrected chi connectivity index (χ3v) is 3.92. The highest BCUT2D eigenvalue weighted by atomic mass is 16.5. The van der Waals surface area contributed by atoms with Crippen LogP contribution < -0.4 is 4.74 Å². The molecule has 1 N–H and O–H groups in total. The number of Topliss-reactive ketones (excluding diaryl/α,β-unsaturated/α-hetero) is 1. The van der Waals surface area contributed by atoms with E-state index in [0.717, 1.165) is 5.56 Å². The van der Waals surface area contributed by atoms with Crippen LogP contribution in [-0.2, 0) is 11.2 Å². The molecule has 0 aromatic heterocycles. The van der Waals surface area contributed by atoms with Gasteiger partial charge in [0.15, 0.2) is 5.78 Å². The highest BCUT2D eigenvalue weighted by Gasteiger charge is 2.36. The molecule has 4 nitrogen and oxygen atoms in total. The number of carboxylic acid groups (broad SMARTS) is 1. The van der Waals surface area contributed by atoms with E-state index in [1.807, 2.05) is 18.2 Å². The summed E-state index contributed by atoms with van der Waals surface area (Å²) in [7, 11) is 1.58. The Balaban J connectivity index is 2.18. The Kier molecular flexibility index (Phi) is 5.16. The second-order valence-corrected chi connectivity index (χ2v) is 5.86. The number of carbonyl (C=O) groups is 2. The molecule has 0 spiro atoms. The molecule has 0 amide bonds. The van der Waals surface area contributed by atoms with Crippen LogP contribution in [0.25, 0.3) is 0 Å². The molecule has 2 rings (SSSR count). The molecule has 2 aromatic carbocycles. The molecule has 0 aliphatic heterocycles. The molecular weight excluding hydrogens is 292 g/mol. The van der Waals surface area contributed by atoms with Gasteiger partial charge in [-0.2, -0.15) is 0 Å². The Morgan fingerprint density at radius 2 is 1.65 bits per heavy atom. The van der Waals surface area contributed by atoms with Gasteiger partial charge in [-0.1, -0.05) is 42.5 Å². The molecule has 0 aliphatic carbocycles. The predicted octanol–water partition coefficient (Wildman–Crippen LogP) is 3.60. The number of carbonyl (C=O) groups excluding carboxylic acids is 1.